The van der Waals surface area contributed by atoms with Crippen LogP contribution in [0, 0.1) is 0 Å². The summed E-state index contributed by atoms with van der Waals surface area (Å²) in [5, 5.41) is 30.2. The molecule has 3 N–H and O–H groups in total. The SMILES string of the molecule is O=C(O[C@H]1[C@H](O)CN(C(=O)O)[C@@]1(CO)Cc1ccccc1)c1ccccc1. The van der Waals surface area contributed by atoms with Crippen molar-refractivity contribution in [1.29, 1.82) is 0 Å². The lowest BCUT2D eigenvalue weighted by Crippen LogP contribution is -2.58. The average Bonchev–Trinajstić information content (AvgIpc) is 2.96. The molecule has 27 heavy (non-hydrogen) atoms. The molecule has 1 aliphatic rings. The molecule has 2 aromatic carbocycles. The molecular weight excluding hydrogens is 350 g/mol. The van der Waals surface area contributed by atoms with Crippen LogP contribution in [0.1, 0.15) is 15.9 Å². The van der Waals surface area contributed by atoms with Crippen molar-refractivity contribution in [2.24, 2.45) is 0 Å². The Morgan fingerprint density at radius 1 is 1.07 bits per heavy atom. The van der Waals surface area contributed by atoms with Crippen LogP contribution in [0.5, 0.6) is 0 Å². The van der Waals surface area contributed by atoms with Crippen LogP contribution in [0.2, 0.25) is 0 Å². The van der Waals surface area contributed by atoms with Gasteiger partial charge < -0.3 is 20.1 Å². The first-order chi connectivity index (χ1) is 13.0. The zero-order valence-corrected chi connectivity index (χ0v) is 14.6. The minimum absolute atomic E-state index is 0.0977. The lowest BCUT2D eigenvalue weighted by molar-refractivity contribution is -0.0530. The number of likely N-dealkylation sites (tertiary alicyclic amines) is 1. The lowest BCUT2D eigenvalue weighted by atomic mass is 9.86. The predicted molar refractivity (Wildman–Crippen MR) is 96.3 cm³/mol. The number of hydrogen-bond acceptors (Lipinski definition) is 5. The third-order valence-corrected chi connectivity index (χ3v) is 4.89. The van der Waals surface area contributed by atoms with Crippen LogP contribution in [0.3, 0.4) is 0 Å². The number of ether oxygens (including phenoxy) is 1. The number of carbonyl (C=O) groups excluding carboxylic acids is 1. The second-order valence-electron chi connectivity index (χ2n) is 6.58. The molecule has 1 saturated heterocycles. The minimum Gasteiger partial charge on any atom is -0.465 e. The van der Waals surface area contributed by atoms with Crippen molar-refractivity contribution >= 4 is 12.1 Å². The van der Waals surface area contributed by atoms with Crippen molar-refractivity contribution in [2.45, 2.75) is 24.2 Å². The Labute approximate surface area is 156 Å². The Balaban J connectivity index is 1.95. The van der Waals surface area contributed by atoms with E-state index in [1.54, 1.807) is 54.6 Å². The fraction of sp³-hybridized carbons (Fsp3) is 0.300. The smallest absolute Gasteiger partial charge is 0.408 e. The second kappa shape index (κ2) is 7.77. The number of esters is 1. The first kappa shape index (κ1) is 18.9. The van der Waals surface area contributed by atoms with E-state index < -0.39 is 36.4 Å². The summed E-state index contributed by atoms with van der Waals surface area (Å²) < 4.78 is 5.52. The number of benzene rings is 2. The molecule has 0 aliphatic carbocycles. The van der Waals surface area contributed by atoms with Crippen molar-refractivity contribution in [3.8, 4) is 0 Å². The second-order valence-corrected chi connectivity index (χ2v) is 6.58. The summed E-state index contributed by atoms with van der Waals surface area (Å²) in [6, 6.07) is 17.2. The molecule has 2 aromatic rings. The van der Waals surface area contributed by atoms with E-state index in [1.165, 1.54) is 0 Å². The summed E-state index contributed by atoms with van der Waals surface area (Å²) in [5.74, 6) is -0.683. The van der Waals surface area contributed by atoms with E-state index in [1.807, 2.05) is 6.07 Å². The van der Waals surface area contributed by atoms with Crippen molar-refractivity contribution in [1.82, 2.24) is 4.90 Å². The third-order valence-electron chi connectivity index (χ3n) is 4.89. The van der Waals surface area contributed by atoms with Gasteiger partial charge in [-0.2, -0.15) is 0 Å². The van der Waals surface area contributed by atoms with Gasteiger partial charge in [0.05, 0.1) is 18.7 Å². The van der Waals surface area contributed by atoms with Crippen LogP contribution in [-0.4, -0.2) is 63.2 Å². The standard InChI is InChI=1S/C20H21NO6/c22-13-20(11-14-7-3-1-4-8-14)17(16(23)12-21(20)19(25)26)27-18(24)15-9-5-2-6-10-15/h1-10,16-17,22-23H,11-13H2,(H,25,26)/t16-,17+,20-/m1/s1. The van der Waals surface area contributed by atoms with Crippen LogP contribution in [-0.2, 0) is 11.2 Å². The molecule has 0 saturated carbocycles. The molecule has 3 atom stereocenters. The molecule has 7 nitrogen and oxygen atoms in total. The van der Waals surface area contributed by atoms with Crippen LogP contribution in [0.4, 0.5) is 4.79 Å². The van der Waals surface area contributed by atoms with Gasteiger partial charge in [0.15, 0.2) is 6.10 Å². The molecule has 0 spiro atoms. The number of rotatable bonds is 5. The minimum atomic E-state index is -1.48. The first-order valence-electron chi connectivity index (χ1n) is 8.57. The molecule has 3 rings (SSSR count). The molecule has 1 fully saturated rings. The number of carboxylic acid groups (broad SMARTS) is 1. The van der Waals surface area contributed by atoms with Crippen LogP contribution in [0.25, 0.3) is 0 Å². The largest absolute Gasteiger partial charge is 0.465 e. The number of amides is 1. The summed E-state index contributed by atoms with van der Waals surface area (Å²) in [6.45, 7) is -0.854. The Morgan fingerprint density at radius 3 is 2.22 bits per heavy atom. The molecule has 1 heterocycles. The van der Waals surface area contributed by atoms with E-state index in [0.717, 1.165) is 10.5 Å². The van der Waals surface area contributed by atoms with Gasteiger partial charge in [-0.3, -0.25) is 4.90 Å². The maximum atomic E-state index is 12.5. The average molecular weight is 371 g/mol. The van der Waals surface area contributed by atoms with Crippen LogP contribution >= 0.6 is 0 Å². The molecule has 1 aliphatic heterocycles. The van der Waals surface area contributed by atoms with Gasteiger partial charge in [-0.25, -0.2) is 9.59 Å². The number of aliphatic hydroxyl groups excluding tert-OH is 2. The maximum Gasteiger partial charge on any atom is 0.408 e. The Hall–Kier alpha value is -2.90. The first-order valence-corrected chi connectivity index (χ1v) is 8.57. The zero-order chi connectivity index (χ0) is 19.4. The number of β-amino-alcohol motifs (C(OH)–C–C–N with tert-alkyl or cyclic N) is 1. The highest BCUT2D eigenvalue weighted by Gasteiger charge is 2.57. The van der Waals surface area contributed by atoms with E-state index in [0.29, 0.717) is 0 Å². The molecule has 0 radical (unpaired) electrons. The van der Waals surface area contributed by atoms with Crippen LogP contribution < -0.4 is 0 Å². The van der Waals surface area contributed by atoms with Crippen LogP contribution in [0.15, 0.2) is 60.7 Å². The molecular formula is C20H21NO6. The van der Waals surface area contributed by atoms with Gasteiger partial charge in [0.2, 0.25) is 0 Å². The van der Waals surface area contributed by atoms with E-state index in [-0.39, 0.29) is 18.5 Å². The summed E-state index contributed by atoms with van der Waals surface area (Å²) in [5.41, 5.74) is -0.436. The highest BCUT2D eigenvalue weighted by Crippen LogP contribution is 2.36. The summed E-state index contributed by atoms with van der Waals surface area (Å²) >= 11 is 0. The van der Waals surface area contributed by atoms with Gasteiger partial charge in [-0.15, -0.1) is 0 Å². The van der Waals surface area contributed by atoms with E-state index in [4.69, 9.17) is 4.74 Å². The fourth-order valence-corrected chi connectivity index (χ4v) is 3.57. The third kappa shape index (κ3) is 3.65. The van der Waals surface area contributed by atoms with Gasteiger partial charge in [0, 0.05) is 6.42 Å². The molecule has 7 heteroatoms. The Morgan fingerprint density at radius 2 is 1.67 bits per heavy atom. The van der Waals surface area contributed by atoms with E-state index in [9.17, 15) is 24.9 Å². The fourth-order valence-electron chi connectivity index (χ4n) is 3.57. The Bertz CT molecular complexity index is 797. The highest BCUT2D eigenvalue weighted by molar-refractivity contribution is 5.89. The lowest BCUT2D eigenvalue weighted by Gasteiger charge is -2.39. The molecule has 142 valence electrons. The number of hydrogen-bond donors (Lipinski definition) is 3. The number of aliphatic hydroxyl groups is 2. The molecule has 0 aromatic heterocycles. The van der Waals surface area contributed by atoms with Crippen molar-refractivity contribution < 1.29 is 29.6 Å². The van der Waals surface area contributed by atoms with Gasteiger partial charge in [0.1, 0.15) is 11.6 Å². The van der Waals surface area contributed by atoms with Crippen molar-refractivity contribution in [3.05, 3.63) is 71.8 Å². The van der Waals surface area contributed by atoms with Gasteiger partial charge in [-0.1, -0.05) is 48.5 Å². The number of nitrogens with zero attached hydrogens (tertiary/aromatic N) is 1. The van der Waals surface area contributed by atoms with Gasteiger partial charge >= 0.3 is 12.1 Å². The highest BCUT2D eigenvalue weighted by atomic mass is 16.6. The summed E-state index contributed by atoms with van der Waals surface area (Å²) in [4.78, 5) is 25.2. The van der Waals surface area contributed by atoms with Gasteiger partial charge in [-0.05, 0) is 17.7 Å². The zero-order valence-electron chi connectivity index (χ0n) is 14.6. The van der Waals surface area contributed by atoms with E-state index >= 15 is 0 Å². The normalized spacial score (nSPS) is 24.6. The Kier molecular flexibility index (Phi) is 5.43. The quantitative estimate of drug-likeness (QED) is 0.688. The summed E-state index contributed by atoms with van der Waals surface area (Å²) in [6.07, 6.45) is -3.64. The van der Waals surface area contributed by atoms with Crippen molar-refractivity contribution in [3.63, 3.8) is 0 Å². The molecule has 1 amide bonds. The summed E-state index contributed by atoms with van der Waals surface area (Å²) in [7, 11) is 0. The van der Waals surface area contributed by atoms with Gasteiger partial charge in [0.25, 0.3) is 0 Å². The topological polar surface area (TPSA) is 107 Å². The number of carbonyl (C=O) groups is 2. The van der Waals surface area contributed by atoms with E-state index in [2.05, 4.69) is 0 Å². The monoisotopic (exact) mass is 371 g/mol. The predicted octanol–water partition coefficient (Wildman–Crippen LogP) is 1.54. The van der Waals surface area contributed by atoms with Crippen molar-refractivity contribution in [2.75, 3.05) is 13.2 Å². The maximum absolute atomic E-state index is 12.5. The molecule has 0 unspecified atom stereocenters. The molecule has 0 bridgehead atoms.